The molecular weight excluding hydrogens is 668 g/mol. The molecule has 0 aliphatic carbocycles. The summed E-state index contributed by atoms with van der Waals surface area (Å²) in [7, 11) is -4.07. The summed E-state index contributed by atoms with van der Waals surface area (Å²) in [6.45, 7) is 50.4. The fraction of sp³-hybridized carbons (Fsp3) is 0.939. The van der Waals surface area contributed by atoms with Crippen LogP contribution in [-0.2, 0) is 32.7 Å². The Kier molecular flexibility index (Phi) is 15.8. The molecule has 0 amide bonds. The summed E-state index contributed by atoms with van der Waals surface area (Å²) in [6.07, 6.45) is 0. The Balaban J connectivity index is 0. The Hall–Kier alpha value is 1.70. The minimum absolute atomic E-state index is 0. The summed E-state index contributed by atoms with van der Waals surface area (Å²) in [5.74, 6) is 0. The van der Waals surface area contributed by atoms with E-state index in [-0.39, 0.29) is 62.3 Å². The second-order valence-electron chi connectivity index (χ2n) is 17.7. The minimum Gasteiger partial charge on any atom is -0.305 e. The first kappa shape index (κ1) is 45.8. The summed E-state index contributed by atoms with van der Waals surface area (Å²) in [5, 5.41) is 0.939. The molecule has 4 nitrogen and oxygen atoms in total. The average molecular weight is 741 g/mol. The average Bonchev–Trinajstić information content (AvgIpc) is 3.11. The zero-order valence-electron chi connectivity index (χ0n) is 31.0. The summed E-state index contributed by atoms with van der Waals surface area (Å²) in [5.41, 5.74) is 3.53. The van der Waals surface area contributed by atoms with Crippen LogP contribution in [0.15, 0.2) is 11.1 Å². The molecule has 42 heavy (non-hydrogen) atoms. The quantitative estimate of drug-likeness (QED) is 0.139. The molecule has 1 radical (unpaired) electrons. The maximum absolute atomic E-state index is 6.63. The van der Waals surface area contributed by atoms with E-state index in [1.165, 1.54) is 24.2 Å². The van der Waals surface area contributed by atoms with Crippen LogP contribution >= 0.6 is 22.2 Å². The van der Waals surface area contributed by atoms with Gasteiger partial charge in [0.2, 0.25) is 8.40 Å². The predicted molar refractivity (Wildman–Crippen MR) is 194 cm³/mol. The SMILES string of the molecule is C.CC(C)(C)N1CCN(C(C)(C)C)[Si]1(Cl)Cl.CC(C)(C)N1CCN(C(C)(C)C)[Si]12C(C)(C)C2(C)C.CC(C)=C(C)C.[Y]. The van der Waals surface area contributed by atoms with Crippen molar-refractivity contribution in [2.75, 3.05) is 26.2 Å². The molecule has 0 atom stereocenters. The van der Waals surface area contributed by atoms with Crippen LogP contribution in [0.3, 0.4) is 0 Å². The third-order valence-electron chi connectivity index (χ3n) is 10.0. The van der Waals surface area contributed by atoms with Crippen molar-refractivity contribution in [3.63, 3.8) is 0 Å². The van der Waals surface area contributed by atoms with Crippen molar-refractivity contribution >= 4 is 37.6 Å². The molecule has 3 heterocycles. The standard InChI is InChI=1S/C16H34N2Si.C10H22Cl2N2Si.C6H12.CH4.Y/c1-13(2,3)17-11-12-18(14(4,5)6)19(17)15(7,8)16(19,9)10;1-9(2,3)13-7-8-14(10(4,5)6)15(13,11)12;1-5(2)6(3)4;;/h11-12H2,1-10H3;7-8H2,1-6H3;1-4H3;1H4;. The van der Waals surface area contributed by atoms with Gasteiger partial charge in [-0.15, -0.1) is 22.2 Å². The smallest absolute Gasteiger partial charge is 0.305 e. The molecule has 0 unspecified atom stereocenters. The van der Waals surface area contributed by atoms with Crippen molar-refractivity contribution in [3.05, 3.63) is 11.1 Å². The van der Waals surface area contributed by atoms with Crippen LogP contribution in [0, 0.1) is 0 Å². The summed E-state index contributed by atoms with van der Waals surface area (Å²) in [6, 6.07) is 0. The van der Waals surface area contributed by atoms with Crippen LogP contribution < -0.4 is 0 Å². The molecule has 249 valence electrons. The van der Waals surface area contributed by atoms with E-state index >= 15 is 0 Å². The molecule has 3 aliphatic heterocycles. The molecule has 0 aromatic rings. The summed E-state index contributed by atoms with van der Waals surface area (Å²) >= 11 is 13.3. The number of rotatable bonds is 0. The number of allylic oxidation sites excluding steroid dienone is 2. The van der Waals surface area contributed by atoms with Gasteiger partial charge in [0.1, 0.15) is 0 Å². The van der Waals surface area contributed by atoms with Crippen molar-refractivity contribution in [1.82, 2.24) is 18.3 Å². The third-order valence-corrected chi connectivity index (χ3v) is 23.4. The van der Waals surface area contributed by atoms with Crippen LogP contribution in [0.5, 0.6) is 0 Å². The van der Waals surface area contributed by atoms with Crippen molar-refractivity contribution in [2.45, 2.75) is 178 Å². The van der Waals surface area contributed by atoms with E-state index in [1.54, 1.807) is 0 Å². The van der Waals surface area contributed by atoms with Crippen molar-refractivity contribution in [3.8, 4) is 0 Å². The van der Waals surface area contributed by atoms with Crippen LogP contribution in [0.1, 0.15) is 146 Å². The second-order valence-corrected chi connectivity index (χ2v) is 28.5. The van der Waals surface area contributed by atoms with E-state index in [4.69, 9.17) is 22.2 Å². The summed E-state index contributed by atoms with van der Waals surface area (Å²) in [4.78, 5) is 0. The van der Waals surface area contributed by atoms with Gasteiger partial charge in [0.25, 0.3) is 0 Å². The van der Waals surface area contributed by atoms with E-state index < -0.39 is 15.4 Å². The molecule has 1 spiro atoms. The Morgan fingerprint density at radius 2 is 0.690 bits per heavy atom. The Bertz CT molecular complexity index is 842. The van der Waals surface area contributed by atoms with Gasteiger partial charge >= 0.3 is 7.02 Å². The molecule has 9 heteroatoms. The fourth-order valence-electron chi connectivity index (χ4n) is 7.01. The molecular formula is C33H72Cl2N4Si2Y. The van der Waals surface area contributed by atoms with E-state index in [0.717, 1.165) is 13.1 Å². The van der Waals surface area contributed by atoms with Gasteiger partial charge in [-0.3, -0.25) is 9.13 Å². The number of hydrogen-bond donors (Lipinski definition) is 0. The molecule has 3 fully saturated rings. The Morgan fingerprint density at radius 1 is 0.500 bits per heavy atom. The fourth-order valence-corrected chi connectivity index (χ4v) is 22.3. The first-order valence-corrected chi connectivity index (χ1v) is 21.2. The van der Waals surface area contributed by atoms with Crippen LogP contribution in [0.25, 0.3) is 0 Å². The van der Waals surface area contributed by atoms with Crippen LogP contribution in [0.4, 0.5) is 0 Å². The van der Waals surface area contributed by atoms with Gasteiger partial charge in [0, 0.05) is 81.0 Å². The zero-order chi connectivity index (χ0) is 32.3. The minimum atomic E-state index is -2.46. The van der Waals surface area contributed by atoms with Gasteiger partial charge < -0.3 is 9.13 Å². The van der Waals surface area contributed by atoms with E-state index in [9.17, 15) is 0 Å². The molecule has 0 bridgehead atoms. The van der Waals surface area contributed by atoms with Gasteiger partial charge in [-0.05, 0) is 121 Å². The third kappa shape index (κ3) is 8.78. The molecule has 3 rings (SSSR count). The Labute approximate surface area is 301 Å². The number of halogens is 2. The normalized spacial score (nSPS) is 23.6. The zero-order valence-corrected chi connectivity index (χ0v) is 37.3. The predicted octanol–water partition coefficient (Wildman–Crippen LogP) is 10.3. The van der Waals surface area contributed by atoms with Crippen molar-refractivity contribution in [2.24, 2.45) is 0 Å². The van der Waals surface area contributed by atoms with E-state index in [1.807, 2.05) is 0 Å². The molecule has 0 aromatic heterocycles. The maximum Gasteiger partial charge on any atom is 0.409 e. The first-order chi connectivity index (χ1) is 17.3. The topological polar surface area (TPSA) is 13.0 Å². The molecule has 3 aliphatic rings. The Morgan fingerprint density at radius 3 is 0.810 bits per heavy atom. The molecule has 3 saturated heterocycles. The van der Waals surface area contributed by atoms with E-state index in [0.29, 0.717) is 10.1 Å². The van der Waals surface area contributed by atoms with Crippen LogP contribution in [0.2, 0.25) is 10.1 Å². The van der Waals surface area contributed by atoms with Crippen LogP contribution in [-0.4, -0.2) is 82.0 Å². The first-order valence-electron chi connectivity index (χ1n) is 15.4. The molecule has 0 saturated carbocycles. The van der Waals surface area contributed by atoms with Gasteiger partial charge in [0.15, 0.2) is 0 Å². The monoisotopic (exact) mass is 739 g/mol. The second kappa shape index (κ2) is 14.4. The largest absolute Gasteiger partial charge is 0.409 e. The number of nitrogens with zero attached hydrogens (tertiary/aromatic N) is 4. The van der Waals surface area contributed by atoms with Gasteiger partial charge in [0.05, 0.1) is 0 Å². The maximum atomic E-state index is 6.63. The van der Waals surface area contributed by atoms with Crippen molar-refractivity contribution in [1.29, 1.82) is 0 Å². The van der Waals surface area contributed by atoms with E-state index in [2.05, 4.69) is 157 Å². The van der Waals surface area contributed by atoms with Gasteiger partial charge in [-0.2, -0.15) is 0 Å². The molecule has 0 aromatic carbocycles. The number of hydrogen-bond acceptors (Lipinski definition) is 4. The van der Waals surface area contributed by atoms with Crippen molar-refractivity contribution < 1.29 is 32.7 Å². The molecule has 0 N–H and O–H groups in total. The summed E-state index contributed by atoms with van der Waals surface area (Å²) < 4.78 is 10.4. The van der Waals surface area contributed by atoms with Gasteiger partial charge in [-0.1, -0.05) is 46.3 Å². The van der Waals surface area contributed by atoms with Gasteiger partial charge in [-0.25, -0.2) is 0 Å².